The third-order valence-electron chi connectivity index (χ3n) is 4.81. The van der Waals surface area contributed by atoms with Gasteiger partial charge in [0.25, 0.3) is 5.91 Å². The highest BCUT2D eigenvalue weighted by Crippen LogP contribution is 2.35. The molecule has 0 spiro atoms. The van der Waals surface area contributed by atoms with Crippen molar-refractivity contribution in [1.29, 1.82) is 5.26 Å². The smallest absolute Gasteiger partial charge is 0.266 e. The SMILES string of the molecule is C=CCc1cc(/C=C(/C#N)C(=O)Nc2ccccc2F)cc(OC)c1OCc1cccc(F)c1. The number of nitriles is 1. The van der Waals surface area contributed by atoms with Gasteiger partial charge in [0.2, 0.25) is 0 Å². The normalized spacial score (nSPS) is 10.8. The van der Waals surface area contributed by atoms with Gasteiger partial charge >= 0.3 is 0 Å². The van der Waals surface area contributed by atoms with Gasteiger partial charge in [0.15, 0.2) is 11.5 Å². The van der Waals surface area contributed by atoms with Gasteiger partial charge in [-0.3, -0.25) is 4.79 Å². The van der Waals surface area contributed by atoms with Gasteiger partial charge in [0.05, 0.1) is 12.8 Å². The summed E-state index contributed by atoms with van der Waals surface area (Å²) in [7, 11) is 1.46. The molecule has 1 N–H and O–H groups in total. The lowest BCUT2D eigenvalue weighted by Gasteiger charge is -2.16. The molecule has 3 aromatic carbocycles. The van der Waals surface area contributed by atoms with E-state index in [2.05, 4.69) is 11.9 Å². The van der Waals surface area contributed by atoms with E-state index >= 15 is 0 Å². The van der Waals surface area contributed by atoms with Crippen molar-refractivity contribution in [3.63, 3.8) is 0 Å². The number of hydrogen-bond donors (Lipinski definition) is 1. The summed E-state index contributed by atoms with van der Waals surface area (Å²) in [5.41, 5.74) is 1.60. The van der Waals surface area contributed by atoms with Gasteiger partial charge in [-0.15, -0.1) is 6.58 Å². The molecule has 3 aromatic rings. The maximum atomic E-state index is 13.9. The van der Waals surface area contributed by atoms with Gasteiger partial charge in [0, 0.05) is 5.56 Å². The van der Waals surface area contributed by atoms with Crippen molar-refractivity contribution < 1.29 is 23.0 Å². The number of para-hydroxylation sites is 1. The third kappa shape index (κ3) is 6.08. The van der Waals surface area contributed by atoms with E-state index in [0.29, 0.717) is 34.6 Å². The van der Waals surface area contributed by atoms with Crippen molar-refractivity contribution in [2.75, 3.05) is 12.4 Å². The first-order valence-corrected chi connectivity index (χ1v) is 10.3. The summed E-state index contributed by atoms with van der Waals surface area (Å²) < 4.78 is 38.8. The summed E-state index contributed by atoms with van der Waals surface area (Å²) in [4.78, 5) is 12.5. The van der Waals surface area contributed by atoms with E-state index in [1.165, 1.54) is 43.5 Å². The van der Waals surface area contributed by atoms with Crippen LogP contribution < -0.4 is 14.8 Å². The molecular formula is C27H22F2N2O3. The Morgan fingerprint density at radius 2 is 1.94 bits per heavy atom. The van der Waals surface area contributed by atoms with Crippen LogP contribution >= 0.6 is 0 Å². The van der Waals surface area contributed by atoms with Crippen LogP contribution in [0.3, 0.4) is 0 Å². The van der Waals surface area contributed by atoms with Gasteiger partial charge in [-0.1, -0.05) is 30.3 Å². The van der Waals surface area contributed by atoms with Gasteiger partial charge in [-0.05, 0) is 60.0 Å². The van der Waals surface area contributed by atoms with Crippen molar-refractivity contribution in [2.24, 2.45) is 0 Å². The highest BCUT2D eigenvalue weighted by atomic mass is 19.1. The van der Waals surface area contributed by atoms with Crippen LogP contribution in [-0.4, -0.2) is 13.0 Å². The van der Waals surface area contributed by atoms with Crippen molar-refractivity contribution in [3.05, 3.63) is 107 Å². The van der Waals surface area contributed by atoms with E-state index in [1.54, 1.807) is 36.4 Å². The molecule has 1 amide bonds. The molecule has 0 atom stereocenters. The van der Waals surface area contributed by atoms with Crippen LogP contribution in [0.5, 0.6) is 11.5 Å². The molecule has 3 rings (SSSR count). The predicted octanol–water partition coefficient (Wildman–Crippen LogP) is 5.83. The molecule has 0 aliphatic rings. The Balaban J connectivity index is 1.91. The molecule has 0 fully saturated rings. The van der Waals surface area contributed by atoms with Crippen molar-refractivity contribution in [2.45, 2.75) is 13.0 Å². The standard InChI is InChI=1S/C27H22F2N2O3/c1-3-7-20-12-19(13-21(16-30)27(32)31-24-11-5-4-10-23(24)29)15-25(33-2)26(20)34-17-18-8-6-9-22(28)14-18/h3-6,8-15H,1,7,17H2,2H3,(H,31,32)/b21-13-. The Hall–Kier alpha value is -4.44. The van der Waals surface area contributed by atoms with Gasteiger partial charge in [-0.2, -0.15) is 5.26 Å². The molecule has 0 unspecified atom stereocenters. The highest BCUT2D eigenvalue weighted by molar-refractivity contribution is 6.09. The second-order valence-corrected chi connectivity index (χ2v) is 7.23. The zero-order valence-corrected chi connectivity index (χ0v) is 18.5. The van der Waals surface area contributed by atoms with Crippen LogP contribution in [0.1, 0.15) is 16.7 Å². The summed E-state index contributed by atoms with van der Waals surface area (Å²) in [5.74, 6) is -0.907. The number of allylic oxidation sites excluding steroid dienone is 1. The number of carbonyl (C=O) groups is 1. The second kappa shape index (κ2) is 11.4. The average Bonchev–Trinajstić information content (AvgIpc) is 2.83. The molecule has 0 aromatic heterocycles. The average molecular weight is 460 g/mol. The number of nitrogens with one attached hydrogen (secondary N) is 1. The minimum atomic E-state index is -0.747. The number of amides is 1. The Morgan fingerprint density at radius 3 is 2.62 bits per heavy atom. The molecule has 34 heavy (non-hydrogen) atoms. The van der Waals surface area contributed by atoms with Crippen molar-refractivity contribution >= 4 is 17.7 Å². The minimum Gasteiger partial charge on any atom is -0.493 e. The maximum Gasteiger partial charge on any atom is 0.266 e. The quantitative estimate of drug-likeness (QED) is 0.248. The number of nitrogens with zero attached hydrogens (tertiary/aromatic N) is 1. The first kappa shape index (κ1) is 24.2. The fourth-order valence-corrected chi connectivity index (χ4v) is 3.24. The zero-order chi connectivity index (χ0) is 24.5. The third-order valence-corrected chi connectivity index (χ3v) is 4.81. The van der Waals surface area contributed by atoms with E-state index in [4.69, 9.17) is 9.47 Å². The first-order valence-electron chi connectivity index (χ1n) is 10.3. The number of anilines is 1. The number of methoxy groups -OCH3 is 1. The minimum absolute atomic E-state index is 0.0281. The summed E-state index contributed by atoms with van der Waals surface area (Å²) >= 11 is 0. The van der Waals surface area contributed by atoms with E-state index in [9.17, 15) is 18.8 Å². The van der Waals surface area contributed by atoms with Crippen molar-refractivity contribution in [3.8, 4) is 17.6 Å². The molecule has 5 nitrogen and oxygen atoms in total. The lowest BCUT2D eigenvalue weighted by atomic mass is 10.0. The lowest BCUT2D eigenvalue weighted by molar-refractivity contribution is -0.112. The summed E-state index contributed by atoms with van der Waals surface area (Å²) in [6, 6.07) is 16.9. The fourth-order valence-electron chi connectivity index (χ4n) is 3.24. The number of ether oxygens (including phenoxy) is 2. The Labute approximate surface area is 196 Å². The van der Waals surface area contributed by atoms with Crippen LogP contribution in [-0.2, 0) is 17.8 Å². The fraction of sp³-hybridized carbons (Fsp3) is 0.111. The van der Waals surface area contributed by atoms with Gasteiger partial charge in [0.1, 0.15) is 29.9 Å². The Kier molecular flexibility index (Phi) is 8.14. The molecule has 0 aliphatic carbocycles. The van der Waals surface area contributed by atoms with E-state index in [-0.39, 0.29) is 23.7 Å². The highest BCUT2D eigenvalue weighted by Gasteiger charge is 2.16. The van der Waals surface area contributed by atoms with E-state index in [1.807, 2.05) is 6.07 Å². The van der Waals surface area contributed by atoms with Crippen molar-refractivity contribution in [1.82, 2.24) is 0 Å². The van der Waals surface area contributed by atoms with E-state index in [0.717, 1.165) is 0 Å². The number of carbonyl (C=O) groups excluding carboxylic acids is 1. The first-order chi connectivity index (χ1) is 16.4. The summed E-state index contributed by atoms with van der Waals surface area (Å²) in [6.07, 6.45) is 3.47. The molecule has 0 radical (unpaired) electrons. The topological polar surface area (TPSA) is 71.4 Å². The van der Waals surface area contributed by atoms with Crippen LogP contribution in [0.4, 0.5) is 14.5 Å². The molecule has 0 aliphatic heterocycles. The van der Waals surface area contributed by atoms with Crippen LogP contribution in [0.15, 0.2) is 78.9 Å². The van der Waals surface area contributed by atoms with E-state index < -0.39 is 11.7 Å². The largest absolute Gasteiger partial charge is 0.493 e. The number of benzene rings is 3. The summed E-state index contributed by atoms with van der Waals surface area (Å²) in [6.45, 7) is 3.87. The molecule has 0 heterocycles. The number of hydrogen-bond acceptors (Lipinski definition) is 4. The Morgan fingerprint density at radius 1 is 1.15 bits per heavy atom. The van der Waals surface area contributed by atoms with Crippen LogP contribution in [0, 0.1) is 23.0 Å². The zero-order valence-electron chi connectivity index (χ0n) is 18.5. The predicted molar refractivity (Wildman–Crippen MR) is 126 cm³/mol. The monoisotopic (exact) mass is 460 g/mol. The molecule has 7 heteroatoms. The molecule has 0 saturated heterocycles. The number of halogens is 2. The molecular weight excluding hydrogens is 438 g/mol. The second-order valence-electron chi connectivity index (χ2n) is 7.23. The van der Waals surface area contributed by atoms with Crippen LogP contribution in [0.2, 0.25) is 0 Å². The summed E-state index contributed by atoms with van der Waals surface area (Å²) in [5, 5.41) is 11.9. The lowest BCUT2D eigenvalue weighted by Crippen LogP contribution is -2.14. The molecule has 172 valence electrons. The van der Waals surface area contributed by atoms with Gasteiger partial charge in [-0.25, -0.2) is 8.78 Å². The van der Waals surface area contributed by atoms with Gasteiger partial charge < -0.3 is 14.8 Å². The molecule has 0 bridgehead atoms. The van der Waals surface area contributed by atoms with Crippen LogP contribution in [0.25, 0.3) is 6.08 Å². The Bertz CT molecular complexity index is 1280. The number of rotatable bonds is 9. The molecule has 0 saturated carbocycles. The maximum absolute atomic E-state index is 13.9.